The number of piperazine rings is 1. The molecule has 0 bridgehead atoms. The van der Waals surface area contributed by atoms with Crippen molar-refractivity contribution in [3.05, 3.63) is 130 Å². The molecule has 5 aliphatic heterocycles. The van der Waals surface area contributed by atoms with Gasteiger partial charge in [0, 0.05) is 62.7 Å². The van der Waals surface area contributed by atoms with E-state index in [0.29, 0.717) is 64.9 Å². The van der Waals surface area contributed by atoms with Gasteiger partial charge in [-0.05, 0) is 116 Å². The lowest BCUT2D eigenvalue weighted by Crippen LogP contribution is -2.54. The van der Waals surface area contributed by atoms with E-state index < -0.39 is 59.8 Å². The minimum Gasteiger partial charge on any atom is -0.493 e. The summed E-state index contributed by atoms with van der Waals surface area (Å²) in [6.07, 6.45) is 1.18. The molecule has 6 amide bonds. The van der Waals surface area contributed by atoms with Crippen LogP contribution in [0.5, 0.6) is 5.75 Å². The number of likely N-dealkylation sites (tertiary alicyclic amines) is 1. The van der Waals surface area contributed by atoms with Crippen molar-refractivity contribution in [2.75, 3.05) is 74.1 Å². The Morgan fingerprint density at radius 1 is 0.835 bits per heavy atom. The number of alkyl halides is 2. The first-order chi connectivity index (χ1) is 38.0. The van der Waals surface area contributed by atoms with Gasteiger partial charge >= 0.3 is 5.97 Å². The highest BCUT2D eigenvalue weighted by atomic mass is 32.1. The molecule has 6 aromatic rings. The number of ether oxygens (including phenoxy) is 1. The molecule has 3 fully saturated rings. The number of imide groups is 2. The standard InChI is InChI=1S/C57H54F3N9O9S/c1-32-35(36-14-16-47(62-50(36)55(76)77)68-21-18-33-7-4-10-37(40(33)29-68)51(72)64-56-61-42-11-2-3-13-46(42)79-56)9-5-12-45(32)78-26-6-8-34-19-20-65(31-57(34,59)60)30-49(71)67-24-22-66(23-25-67)44-28-39-38(27-41(44)58)53(74)69(54(39)75)43-15-17-48(70)63-52(43)73/h2-5,7,9-14,16,27-28,34,43H,6,8,15,17-26,29-31H2,1H3,(H,76,77)(H,61,64,72)(H,63,70,73)/t34-,43?/m1/s1. The molecule has 3 saturated heterocycles. The van der Waals surface area contributed by atoms with Gasteiger partial charge in [0.25, 0.3) is 23.6 Å². The first-order valence-electron chi connectivity index (χ1n) is 26.2. The number of carbonyl (C=O) groups excluding carboxylic acids is 6. The van der Waals surface area contributed by atoms with Crippen molar-refractivity contribution in [1.29, 1.82) is 0 Å². The maximum absolute atomic E-state index is 15.7. The predicted octanol–water partition coefficient (Wildman–Crippen LogP) is 7.19. The maximum atomic E-state index is 15.7. The van der Waals surface area contributed by atoms with Gasteiger partial charge in [0.05, 0.1) is 46.7 Å². The summed E-state index contributed by atoms with van der Waals surface area (Å²) in [6, 6.07) is 23.1. The summed E-state index contributed by atoms with van der Waals surface area (Å²) in [7, 11) is 0. The topological polar surface area (TPSA) is 215 Å². The number of anilines is 3. The number of halogens is 3. The molecule has 11 rings (SSSR count). The second kappa shape index (κ2) is 21.5. The van der Waals surface area contributed by atoms with Crippen LogP contribution in [0, 0.1) is 18.7 Å². The molecule has 5 aliphatic rings. The molecule has 408 valence electrons. The largest absolute Gasteiger partial charge is 0.493 e. The Kier molecular flexibility index (Phi) is 14.4. The molecule has 3 N–H and O–H groups in total. The van der Waals surface area contributed by atoms with Crippen molar-refractivity contribution in [3.63, 3.8) is 0 Å². The lowest BCUT2D eigenvalue weighted by molar-refractivity contribution is -0.140. The Bertz CT molecular complexity index is 3460. The van der Waals surface area contributed by atoms with Crippen molar-refractivity contribution < 1.29 is 56.6 Å². The third-order valence-corrected chi connectivity index (χ3v) is 16.6. The molecule has 0 saturated carbocycles. The van der Waals surface area contributed by atoms with Crippen LogP contribution in [0.15, 0.2) is 84.9 Å². The summed E-state index contributed by atoms with van der Waals surface area (Å²) < 4.78 is 54.1. The quantitative estimate of drug-likeness (QED) is 0.0728. The van der Waals surface area contributed by atoms with Crippen LogP contribution in [0.25, 0.3) is 21.3 Å². The summed E-state index contributed by atoms with van der Waals surface area (Å²) in [5.74, 6) is -8.60. The van der Waals surface area contributed by atoms with Crippen LogP contribution in [0.4, 0.5) is 29.8 Å². The number of carbonyl (C=O) groups is 7. The number of aromatic nitrogens is 2. The van der Waals surface area contributed by atoms with Gasteiger partial charge in [0.15, 0.2) is 10.8 Å². The second-order valence-corrected chi connectivity index (χ2v) is 21.5. The van der Waals surface area contributed by atoms with Gasteiger partial charge < -0.3 is 24.5 Å². The fourth-order valence-corrected chi connectivity index (χ4v) is 12.3. The van der Waals surface area contributed by atoms with Gasteiger partial charge in [-0.2, -0.15) is 0 Å². The Balaban J connectivity index is 0.658. The average Bonchev–Trinajstić information content (AvgIpc) is 4.19. The van der Waals surface area contributed by atoms with E-state index in [1.165, 1.54) is 27.2 Å². The molecular weight excluding hydrogens is 1040 g/mol. The molecule has 79 heavy (non-hydrogen) atoms. The molecule has 7 heterocycles. The monoisotopic (exact) mass is 1100 g/mol. The lowest BCUT2D eigenvalue weighted by Gasteiger charge is -2.40. The first-order valence-corrected chi connectivity index (χ1v) is 27.0. The molecule has 2 aromatic heterocycles. The van der Waals surface area contributed by atoms with Gasteiger partial charge in [0.1, 0.15) is 23.4 Å². The molecule has 18 nitrogen and oxygen atoms in total. The highest BCUT2D eigenvalue weighted by molar-refractivity contribution is 7.22. The fraction of sp³-hybridized carbons (Fsp3) is 0.351. The second-order valence-electron chi connectivity index (χ2n) is 20.5. The summed E-state index contributed by atoms with van der Waals surface area (Å²) in [4.78, 5) is 107. The maximum Gasteiger partial charge on any atom is 0.355 e. The van der Waals surface area contributed by atoms with Crippen LogP contribution in [0.1, 0.15) is 90.4 Å². The number of rotatable bonds is 14. The van der Waals surface area contributed by atoms with Gasteiger partial charge in [-0.1, -0.05) is 47.7 Å². The SMILES string of the molecule is Cc1c(OCCC[C@@H]2CCN(CC(=O)N3CCN(c4cc5c(cc4F)C(=O)N(C4CCC(=O)NC4=O)C5=O)CC3)CC2(F)F)cccc1-c1ccc(N2CCc3cccc(C(=O)Nc4nc5ccccc5s4)c3C2)nc1C(=O)O. The molecule has 0 aliphatic carbocycles. The third kappa shape index (κ3) is 10.5. The first kappa shape index (κ1) is 52.8. The zero-order valence-electron chi connectivity index (χ0n) is 42.9. The molecule has 2 atom stereocenters. The highest BCUT2D eigenvalue weighted by Gasteiger charge is 2.47. The van der Waals surface area contributed by atoms with E-state index >= 15 is 13.2 Å². The Labute approximate surface area is 455 Å². The highest BCUT2D eigenvalue weighted by Crippen LogP contribution is 2.39. The normalized spacial score (nSPS) is 19.3. The average molecular weight is 1100 g/mol. The number of hydrogen-bond donors (Lipinski definition) is 3. The fourth-order valence-electron chi connectivity index (χ4n) is 11.4. The number of thiazole rings is 1. The van der Waals surface area contributed by atoms with Crippen molar-refractivity contribution in [1.82, 2.24) is 30.0 Å². The van der Waals surface area contributed by atoms with Crippen molar-refractivity contribution in [3.8, 4) is 16.9 Å². The number of carboxylic acids is 1. The van der Waals surface area contributed by atoms with E-state index in [9.17, 15) is 38.7 Å². The number of carboxylic acid groups (broad SMARTS) is 1. The zero-order chi connectivity index (χ0) is 55.3. The lowest BCUT2D eigenvalue weighted by atomic mass is 9.88. The van der Waals surface area contributed by atoms with Crippen LogP contribution in [-0.2, 0) is 27.3 Å². The number of para-hydroxylation sites is 1. The van der Waals surface area contributed by atoms with Crippen molar-refractivity contribution in [2.45, 2.75) is 64.0 Å². The Morgan fingerprint density at radius 2 is 1.61 bits per heavy atom. The van der Waals surface area contributed by atoms with Crippen LogP contribution >= 0.6 is 11.3 Å². The summed E-state index contributed by atoms with van der Waals surface area (Å²) in [5, 5.41) is 16.0. The van der Waals surface area contributed by atoms with Gasteiger partial charge in [-0.15, -0.1) is 0 Å². The number of nitrogens with zero attached hydrogens (tertiary/aromatic N) is 7. The van der Waals surface area contributed by atoms with Crippen LogP contribution in [0.3, 0.4) is 0 Å². The van der Waals surface area contributed by atoms with E-state index in [-0.39, 0.29) is 106 Å². The third-order valence-electron chi connectivity index (χ3n) is 15.6. The molecule has 4 aromatic carbocycles. The van der Waals surface area contributed by atoms with E-state index in [0.717, 1.165) is 32.3 Å². The van der Waals surface area contributed by atoms with E-state index in [4.69, 9.17) is 4.74 Å². The van der Waals surface area contributed by atoms with E-state index in [2.05, 4.69) is 20.6 Å². The van der Waals surface area contributed by atoms with Gasteiger partial charge in [-0.3, -0.25) is 49.2 Å². The minimum absolute atomic E-state index is 0.0404. The van der Waals surface area contributed by atoms with Gasteiger partial charge in [-0.25, -0.2) is 27.9 Å². The number of pyridine rings is 1. The smallest absolute Gasteiger partial charge is 0.355 e. The number of amides is 6. The number of fused-ring (bicyclic) bond motifs is 3. The molecule has 0 spiro atoms. The summed E-state index contributed by atoms with van der Waals surface area (Å²) >= 11 is 1.39. The van der Waals surface area contributed by atoms with Crippen LogP contribution in [0.2, 0.25) is 0 Å². The molecular formula is C57H54F3N9O9S. The summed E-state index contributed by atoms with van der Waals surface area (Å²) in [5.41, 5.74) is 4.40. The number of piperidine rings is 2. The Hall–Kier alpha value is -8.24. The number of aromatic carboxylic acids is 1. The van der Waals surface area contributed by atoms with Gasteiger partial charge in [0.2, 0.25) is 17.7 Å². The minimum atomic E-state index is -3.08. The zero-order valence-corrected chi connectivity index (χ0v) is 43.8. The van der Waals surface area contributed by atoms with Crippen molar-refractivity contribution >= 4 is 79.6 Å². The van der Waals surface area contributed by atoms with Crippen molar-refractivity contribution in [2.24, 2.45) is 5.92 Å². The number of nitrogens with one attached hydrogen (secondary N) is 2. The summed E-state index contributed by atoms with van der Waals surface area (Å²) in [6.45, 7) is 2.96. The predicted molar refractivity (Wildman–Crippen MR) is 286 cm³/mol. The molecule has 1 unspecified atom stereocenters. The molecule has 0 radical (unpaired) electrons. The van der Waals surface area contributed by atoms with Crippen LogP contribution < -0.4 is 25.2 Å². The van der Waals surface area contributed by atoms with E-state index in [1.54, 1.807) is 48.2 Å². The van der Waals surface area contributed by atoms with E-state index in [1.807, 2.05) is 41.3 Å². The Morgan fingerprint density at radius 3 is 2.37 bits per heavy atom. The number of hydrogen-bond acceptors (Lipinski definition) is 14. The molecule has 22 heteroatoms. The number of benzene rings is 4. The van der Waals surface area contributed by atoms with Crippen LogP contribution in [-0.4, -0.2) is 142 Å².